The Labute approximate surface area is 122 Å². The molecule has 3 saturated heterocycles. The summed E-state index contributed by atoms with van der Waals surface area (Å²) in [5.74, 6) is 0.715. The summed E-state index contributed by atoms with van der Waals surface area (Å²) in [6.45, 7) is 5.14. The quantitative estimate of drug-likeness (QED) is 0.763. The van der Waals surface area contributed by atoms with E-state index in [9.17, 15) is 0 Å². The van der Waals surface area contributed by atoms with E-state index in [-0.39, 0.29) is 11.2 Å². The van der Waals surface area contributed by atoms with E-state index in [0.29, 0.717) is 12.0 Å². The van der Waals surface area contributed by atoms with Crippen molar-refractivity contribution in [3.05, 3.63) is 0 Å². The van der Waals surface area contributed by atoms with E-state index in [1.165, 1.54) is 44.9 Å². The van der Waals surface area contributed by atoms with Crippen molar-refractivity contribution in [3.8, 4) is 0 Å². The molecule has 4 atom stereocenters. The fourth-order valence-electron chi connectivity index (χ4n) is 4.88. The predicted molar refractivity (Wildman–Crippen MR) is 77.8 cm³/mol. The maximum atomic E-state index is 6.61. The molecule has 0 amide bonds. The first kappa shape index (κ1) is 13.5. The van der Waals surface area contributed by atoms with Crippen molar-refractivity contribution in [2.24, 2.45) is 5.92 Å². The minimum absolute atomic E-state index is 0.130. The molecule has 0 aromatic rings. The van der Waals surface area contributed by atoms with Gasteiger partial charge < -0.3 is 20.1 Å². The topological polar surface area (TPSA) is 42.5 Å². The van der Waals surface area contributed by atoms with Crippen LogP contribution in [0.5, 0.6) is 0 Å². The van der Waals surface area contributed by atoms with Gasteiger partial charge in [-0.15, -0.1) is 0 Å². The van der Waals surface area contributed by atoms with Crippen LogP contribution in [0.1, 0.15) is 44.9 Å². The third kappa shape index (κ3) is 2.41. The number of ether oxygens (including phenoxy) is 2. The molecule has 1 saturated carbocycles. The first-order valence-corrected chi connectivity index (χ1v) is 8.53. The van der Waals surface area contributed by atoms with Crippen molar-refractivity contribution < 1.29 is 9.47 Å². The Bertz CT molecular complexity index is 348. The van der Waals surface area contributed by atoms with Crippen LogP contribution in [0, 0.1) is 5.92 Å². The molecular weight excluding hydrogens is 252 g/mol. The molecular formula is C16H28N2O2. The van der Waals surface area contributed by atoms with Crippen LogP contribution in [0.2, 0.25) is 0 Å². The molecule has 114 valence electrons. The number of hydrogen-bond donors (Lipinski definition) is 2. The lowest BCUT2D eigenvalue weighted by molar-refractivity contribution is -0.141. The molecule has 3 heterocycles. The highest BCUT2D eigenvalue weighted by atomic mass is 16.5. The van der Waals surface area contributed by atoms with Crippen LogP contribution >= 0.6 is 0 Å². The highest BCUT2D eigenvalue weighted by Gasteiger charge is 2.47. The number of rotatable bonds is 1. The molecule has 0 bridgehead atoms. The Kier molecular flexibility index (Phi) is 3.53. The van der Waals surface area contributed by atoms with E-state index in [1.54, 1.807) is 0 Å². The number of nitrogens with one attached hydrogen (secondary N) is 2. The van der Waals surface area contributed by atoms with Gasteiger partial charge in [0.2, 0.25) is 0 Å². The first-order valence-electron chi connectivity index (χ1n) is 8.53. The van der Waals surface area contributed by atoms with E-state index >= 15 is 0 Å². The minimum atomic E-state index is 0.130. The monoisotopic (exact) mass is 280 g/mol. The molecule has 4 fully saturated rings. The van der Waals surface area contributed by atoms with E-state index in [4.69, 9.17) is 9.47 Å². The van der Waals surface area contributed by atoms with E-state index < -0.39 is 0 Å². The summed E-state index contributed by atoms with van der Waals surface area (Å²) in [7, 11) is 0. The van der Waals surface area contributed by atoms with Crippen LogP contribution in [-0.4, -0.2) is 50.1 Å². The number of morpholine rings is 1. The zero-order chi connectivity index (χ0) is 13.5. The highest BCUT2D eigenvalue weighted by molar-refractivity contribution is 5.00. The van der Waals surface area contributed by atoms with Gasteiger partial charge in [0.15, 0.2) is 0 Å². The average molecular weight is 280 g/mol. The molecule has 2 N–H and O–H groups in total. The van der Waals surface area contributed by atoms with Gasteiger partial charge in [-0.2, -0.15) is 0 Å². The third-order valence-corrected chi connectivity index (χ3v) is 5.99. The summed E-state index contributed by atoms with van der Waals surface area (Å²) < 4.78 is 12.7. The van der Waals surface area contributed by atoms with Crippen molar-refractivity contribution in [2.75, 3.05) is 32.8 Å². The lowest BCUT2D eigenvalue weighted by atomic mass is 9.85. The Morgan fingerprint density at radius 3 is 2.60 bits per heavy atom. The maximum absolute atomic E-state index is 6.61. The Balaban J connectivity index is 1.40. The third-order valence-electron chi connectivity index (χ3n) is 5.99. The van der Waals surface area contributed by atoms with E-state index in [2.05, 4.69) is 10.6 Å². The smallest absolute Gasteiger partial charge is 0.0822 e. The first-order chi connectivity index (χ1) is 9.79. The molecule has 4 nitrogen and oxygen atoms in total. The van der Waals surface area contributed by atoms with Crippen molar-refractivity contribution >= 4 is 0 Å². The van der Waals surface area contributed by atoms with Crippen LogP contribution in [0.4, 0.5) is 0 Å². The van der Waals surface area contributed by atoms with Gasteiger partial charge in [-0.1, -0.05) is 0 Å². The molecule has 4 aliphatic rings. The highest BCUT2D eigenvalue weighted by Crippen LogP contribution is 2.45. The fourth-order valence-corrected chi connectivity index (χ4v) is 4.88. The fraction of sp³-hybridized carbons (Fsp3) is 1.00. The maximum Gasteiger partial charge on any atom is 0.0822 e. The second-order valence-electron chi connectivity index (χ2n) is 7.37. The summed E-state index contributed by atoms with van der Waals surface area (Å²) >= 11 is 0. The summed E-state index contributed by atoms with van der Waals surface area (Å²) in [6.07, 6.45) is 9.25. The summed E-state index contributed by atoms with van der Waals surface area (Å²) in [5.41, 5.74) is 0.301. The van der Waals surface area contributed by atoms with Crippen LogP contribution in [0.25, 0.3) is 0 Å². The molecule has 4 rings (SSSR count). The normalized spacial score (nSPS) is 49.2. The molecule has 0 aromatic heterocycles. The van der Waals surface area contributed by atoms with Gasteiger partial charge >= 0.3 is 0 Å². The van der Waals surface area contributed by atoms with Crippen LogP contribution < -0.4 is 10.6 Å². The summed E-state index contributed by atoms with van der Waals surface area (Å²) in [4.78, 5) is 0. The SMILES string of the molecule is C1CC(C2CCC3(CNCCO3)C2)OC2(C1)CCNC2. The molecule has 4 unspecified atom stereocenters. The summed E-state index contributed by atoms with van der Waals surface area (Å²) in [5, 5.41) is 7.00. The Hall–Kier alpha value is -0.160. The summed E-state index contributed by atoms with van der Waals surface area (Å²) in [6, 6.07) is 0. The standard InChI is InChI=1S/C16H28N2O2/c1-2-14(20-15(4-1)6-7-17-11-15)13-3-5-16(10-13)12-18-8-9-19-16/h13-14,17-18H,1-12H2. The predicted octanol–water partition coefficient (Wildman–Crippen LogP) is 1.45. The molecule has 0 aromatic carbocycles. The second-order valence-corrected chi connectivity index (χ2v) is 7.37. The molecule has 1 aliphatic carbocycles. The Morgan fingerprint density at radius 2 is 1.80 bits per heavy atom. The number of hydrogen-bond acceptors (Lipinski definition) is 4. The van der Waals surface area contributed by atoms with Gasteiger partial charge in [0.25, 0.3) is 0 Å². The van der Waals surface area contributed by atoms with Gasteiger partial charge in [0.1, 0.15) is 0 Å². The molecule has 2 spiro atoms. The Morgan fingerprint density at radius 1 is 0.900 bits per heavy atom. The molecule has 3 aliphatic heterocycles. The van der Waals surface area contributed by atoms with Gasteiger partial charge in [-0.05, 0) is 57.4 Å². The average Bonchev–Trinajstić information content (AvgIpc) is 3.08. The minimum Gasteiger partial charge on any atom is -0.372 e. The van der Waals surface area contributed by atoms with Gasteiger partial charge in [-0.25, -0.2) is 0 Å². The second kappa shape index (κ2) is 5.24. The van der Waals surface area contributed by atoms with Gasteiger partial charge in [0.05, 0.1) is 23.9 Å². The van der Waals surface area contributed by atoms with Crippen LogP contribution in [0.3, 0.4) is 0 Å². The lowest BCUT2D eigenvalue weighted by Crippen LogP contribution is -2.49. The largest absolute Gasteiger partial charge is 0.372 e. The van der Waals surface area contributed by atoms with Crippen molar-refractivity contribution in [1.29, 1.82) is 0 Å². The van der Waals surface area contributed by atoms with E-state index in [1.807, 2.05) is 0 Å². The zero-order valence-electron chi connectivity index (χ0n) is 12.5. The zero-order valence-corrected chi connectivity index (χ0v) is 12.5. The van der Waals surface area contributed by atoms with Gasteiger partial charge in [0, 0.05) is 19.6 Å². The van der Waals surface area contributed by atoms with Crippen molar-refractivity contribution in [3.63, 3.8) is 0 Å². The molecule has 20 heavy (non-hydrogen) atoms. The molecule has 0 radical (unpaired) electrons. The van der Waals surface area contributed by atoms with Crippen LogP contribution in [0.15, 0.2) is 0 Å². The lowest BCUT2D eigenvalue weighted by Gasteiger charge is -2.41. The van der Waals surface area contributed by atoms with Crippen molar-refractivity contribution in [1.82, 2.24) is 10.6 Å². The van der Waals surface area contributed by atoms with Crippen molar-refractivity contribution in [2.45, 2.75) is 62.3 Å². The molecule has 4 heteroatoms. The van der Waals surface area contributed by atoms with E-state index in [0.717, 1.165) is 32.8 Å². The van der Waals surface area contributed by atoms with Gasteiger partial charge in [-0.3, -0.25) is 0 Å². The van der Waals surface area contributed by atoms with Crippen LogP contribution in [-0.2, 0) is 9.47 Å².